The summed E-state index contributed by atoms with van der Waals surface area (Å²) in [6.07, 6.45) is 18.8. The van der Waals surface area contributed by atoms with Crippen LogP contribution in [0.15, 0.2) is 29.6 Å². The lowest BCUT2D eigenvalue weighted by molar-refractivity contribution is -0.363. The average molecular weight is 548 g/mol. The van der Waals surface area contributed by atoms with Gasteiger partial charge in [0, 0.05) is 36.9 Å². The van der Waals surface area contributed by atoms with Gasteiger partial charge in [-0.3, -0.25) is 0 Å². The van der Waals surface area contributed by atoms with Gasteiger partial charge in [0.2, 0.25) is 0 Å². The van der Waals surface area contributed by atoms with Crippen molar-refractivity contribution in [2.45, 2.75) is 105 Å². The number of fused-ring (bicyclic) bond motifs is 2. The van der Waals surface area contributed by atoms with E-state index in [1.54, 1.807) is 18.5 Å². The van der Waals surface area contributed by atoms with Gasteiger partial charge < -0.3 is 22.7 Å². The fraction of sp³-hybridized carbons (Fsp3) is 0.516. The van der Waals surface area contributed by atoms with Crippen molar-refractivity contribution >= 4 is 18.3 Å². The summed E-state index contributed by atoms with van der Waals surface area (Å²) in [5.74, 6) is 7.76. The van der Waals surface area contributed by atoms with Gasteiger partial charge in [-0.25, -0.2) is 4.68 Å². The fourth-order valence-electron chi connectivity index (χ4n) is 6.06. The molecule has 0 radical (unpaired) electrons. The highest BCUT2D eigenvalue weighted by Crippen LogP contribution is 2.41. The van der Waals surface area contributed by atoms with Crippen molar-refractivity contribution in [1.29, 1.82) is 0 Å². The van der Waals surface area contributed by atoms with E-state index in [2.05, 4.69) is 28.1 Å². The topological polar surface area (TPSA) is 58.9 Å². The zero-order chi connectivity index (χ0) is 28.9. The van der Waals surface area contributed by atoms with E-state index in [0.29, 0.717) is 29.3 Å². The fourth-order valence-corrected chi connectivity index (χ4v) is 6.06. The second-order valence-corrected chi connectivity index (χ2v) is 11.1. The van der Waals surface area contributed by atoms with Crippen LogP contribution < -0.4 is 0 Å². The van der Waals surface area contributed by atoms with E-state index in [1.807, 2.05) is 32.2 Å². The number of hydrogen-bond acceptors (Lipinski definition) is 3. The summed E-state index contributed by atoms with van der Waals surface area (Å²) in [6.45, 7) is 3.74. The number of rotatable bonds is 12. The number of nitrogens with zero attached hydrogens (tertiary/aromatic N) is 5. The van der Waals surface area contributed by atoms with Crippen LogP contribution in [0.25, 0.3) is 5.57 Å². The average Bonchev–Trinajstić information content (AvgIpc) is 3.57. The number of hydrogen-bond donors (Lipinski definition) is 1. The Balaban J connectivity index is 1.27. The minimum atomic E-state index is -3.96. The summed E-state index contributed by atoms with van der Waals surface area (Å²) in [5, 5.41) is 17.9. The van der Waals surface area contributed by atoms with Gasteiger partial charge in [0.05, 0.1) is 17.8 Å². The molecule has 0 unspecified atom stereocenters. The number of unbranched alkanes of at least 4 members (excludes halogenated alkanes) is 8. The minimum absolute atomic E-state index is 0.393. The summed E-state index contributed by atoms with van der Waals surface area (Å²) < 4.78 is 35.7. The number of allylic oxidation sites excluding steroid dienone is 3. The first-order chi connectivity index (χ1) is 19.1. The molecule has 0 saturated carbocycles. The van der Waals surface area contributed by atoms with Gasteiger partial charge in [0.25, 0.3) is 0 Å². The molecule has 1 N–H and O–H groups in total. The molecule has 2 aliphatic heterocycles. The number of aryl methyl sites for hydroxylation is 3. The molecule has 0 aromatic carbocycles. The highest BCUT2D eigenvalue weighted by atomic mass is 19.2. The molecule has 0 bridgehead atoms. The number of halogens is 2. The summed E-state index contributed by atoms with van der Waals surface area (Å²) in [7, 11) is 0. The van der Waals surface area contributed by atoms with Gasteiger partial charge >= 0.3 is 6.97 Å². The lowest BCUT2D eigenvalue weighted by Crippen LogP contribution is -2.51. The maximum absolute atomic E-state index is 15.7. The molecule has 2 aromatic heterocycles. The second kappa shape index (κ2) is 12.8. The maximum Gasteiger partial charge on any atom is 0.737 e. The van der Waals surface area contributed by atoms with Crippen molar-refractivity contribution in [2.24, 2.45) is 0 Å². The van der Waals surface area contributed by atoms with E-state index >= 15 is 8.63 Å². The number of aliphatic hydroxyl groups excluding tert-OH is 1. The van der Waals surface area contributed by atoms with Crippen molar-refractivity contribution in [2.75, 3.05) is 0 Å². The van der Waals surface area contributed by atoms with E-state index in [9.17, 15) is 5.11 Å². The van der Waals surface area contributed by atoms with E-state index < -0.39 is 13.1 Å². The van der Waals surface area contributed by atoms with Crippen LogP contribution in [0.2, 0.25) is 0 Å². The smallest absolute Gasteiger partial charge is 0.393 e. The molecule has 0 fully saturated rings. The van der Waals surface area contributed by atoms with Gasteiger partial charge in [-0.15, -0.1) is 11.5 Å². The molecule has 1 atom stereocenters. The van der Waals surface area contributed by atoms with E-state index in [4.69, 9.17) is 6.42 Å². The number of aliphatic hydroxyl groups is 1. The number of terminal acetylenes is 1. The van der Waals surface area contributed by atoms with Crippen molar-refractivity contribution in [3.8, 4) is 24.2 Å². The zero-order valence-corrected chi connectivity index (χ0v) is 24.2. The normalized spacial score (nSPS) is 16.3. The van der Waals surface area contributed by atoms with Crippen LogP contribution in [0, 0.1) is 38.0 Å². The highest BCUT2D eigenvalue weighted by molar-refractivity contribution is 6.58. The predicted molar refractivity (Wildman–Crippen MR) is 157 cm³/mol. The predicted octanol–water partition coefficient (Wildman–Crippen LogP) is 5.83. The molecule has 9 heteroatoms. The Morgan fingerprint density at radius 2 is 1.73 bits per heavy atom. The Bertz CT molecular complexity index is 1440. The standard InChI is InChI=1S/C31H40BF2N5O/c1-6-28(40)18-16-14-12-10-8-7-9-11-13-15-17-27-21-37(36-35-27)22-29-30-23(2)19-25(4)38(30)32(33,34)39-26(5)20-24(3)31(29)39/h1,19-21,28,40H,7-15,17,22H2,2-5H3/t28-/m0/s1. The Morgan fingerprint density at radius 3 is 2.42 bits per heavy atom. The maximum atomic E-state index is 15.7. The second-order valence-electron chi connectivity index (χ2n) is 11.1. The molecule has 0 spiro atoms. The van der Waals surface area contributed by atoms with E-state index in [-0.39, 0.29) is 0 Å². The Labute approximate surface area is 236 Å². The monoisotopic (exact) mass is 547 g/mol. The van der Waals surface area contributed by atoms with Crippen molar-refractivity contribution in [3.05, 3.63) is 52.3 Å². The van der Waals surface area contributed by atoms with Crippen LogP contribution >= 0.6 is 0 Å². The first-order valence-corrected chi connectivity index (χ1v) is 14.4. The molecule has 2 aromatic rings. The Kier molecular flexibility index (Phi) is 9.48. The molecule has 6 nitrogen and oxygen atoms in total. The first-order valence-electron chi connectivity index (χ1n) is 14.4. The molecule has 0 saturated heterocycles. The molecule has 4 heterocycles. The Hall–Kier alpha value is -3.43. The quantitative estimate of drug-likeness (QED) is 0.207. The van der Waals surface area contributed by atoms with Crippen LogP contribution in [0.3, 0.4) is 0 Å². The first kappa shape index (κ1) is 29.6. The minimum Gasteiger partial charge on any atom is -0.393 e. The van der Waals surface area contributed by atoms with Crippen LogP contribution in [0.5, 0.6) is 0 Å². The van der Waals surface area contributed by atoms with Crippen LogP contribution in [-0.2, 0) is 13.0 Å². The largest absolute Gasteiger partial charge is 0.737 e. The van der Waals surface area contributed by atoms with Gasteiger partial charge in [-0.05, 0) is 57.4 Å². The lowest BCUT2D eigenvalue weighted by Gasteiger charge is -2.33. The van der Waals surface area contributed by atoms with Crippen LogP contribution in [0.1, 0.15) is 94.3 Å². The van der Waals surface area contributed by atoms with Gasteiger partial charge in [-0.2, -0.15) is 0 Å². The molecule has 40 heavy (non-hydrogen) atoms. The van der Waals surface area contributed by atoms with Crippen molar-refractivity contribution in [3.63, 3.8) is 0 Å². The molecule has 4 rings (SSSR count). The third-order valence-corrected chi connectivity index (χ3v) is 7.82. The molecule has 2 aliphatic rings. The highest BCUT2D eigenvalue weighted by Gasteiger charge is 2.54. The SMILES string of the molecule is C#C[C@H](O)C#CCCCCCCCCCCc1cn(CC2=C3C(C)=CC(C)=[N+]3[B-](F)(F)n3c(C)cc(C)c32)nn1. The molecule has 0 amide bonds. The summed E-state index contributed by atoms with van der Waals surface area (Å²) in [4.78, 5) is 0. The third kappa shape index (κ3) is 6.31. The summed E-state index contributed by atoms with van der Waals surface area (Å²) in [6, 6.07) is 1.85. The van der Waals surface area contributed by atoms with Crippen LogP contribution in [0.4, 0.5) is 8.63 Å². The molecular weight excluding hydrogens is 507 g/mol. The molecule has 0 aliphatic carbocycles. The van der Waals surface area contributed by atoms with Crippen molar-refractivity contribution < 1.29 is 18.2 Å². The van der Waals surface area contributed by atoms with Crippen molar-refractivity contribution in [1.82, 2.24) is 19.5 Å². The van der Waals surface area contributed by atoms with Gasteiger partial charge in [-0.1, -0.05) is 61.5 Å². The Morgan fingerprint density at radius 1 is 1.05 bits per heavy atom. The lowest BCUT2D eigenvalue weighted by atomic mass is 9.86. The van der Waals surface area contributed by atoms with Gasteiger partial charge in [0.1, 0.15) is 5.71 Å². The molecule has 212 valence electrons. The van der Waals surface area contributed by atoms with E-state index in [0.717, 1.165) is 60.9 Å². The zero-order valence-electron chi connectivity index (χ0n) is 24.2. The third-order valence-electron chi connectivity index (χ3n) is 7.82. The molecular formula is C31H40BF2N5O. The van der Waals surface area contributed by atoms with Gasteiger partial charge in [0.15, 0.2) is 11.8 Å². The summed E-state index contributed by atoms with van der Waals surface area (Å²) in [5.41, 5.74) is 5.84. The van der Waals surface area contributed by atoms with E-state index in [1.165, 1.54) is 34.6 Å². The van der Waals surface area contributed by atoms with Crippen LogP contribution in [-0.4, -0.2) is 47.9 Å². The summed E-state index contributed by atoms with van der Waals surface area (Å²) >= 11 is 0. The number of aromatic nitrogens is 4.